The molecule has 1 aliphatic heterocycles. The molecular formula is C18H28N5+. The molecule has 3 rings (SSSR count). The zero-order valence-electron chi connectivity index (χ0n) is 14.7. The average molecular weight is 314 g/mol. The maximum absolute atomic E-state index is 4.43. The first-order chi connectivity index (χ1) is 11.0. The lowest BCUT2D eigenvalue weighted by molar-refractivity contribution is -0.932. The predicted molar refractivity (Wildman–Crippen MR) is 90.2 cm³/mol. The second-order valence-corrected chi connectivity index (χ2v) is 7.80. The van der Waals surface area contributed by atoms with E-state index in [-0.39, 0.29) is 11.6 Å². The predicted octanol–water partition coefficient (Wildman–Crippen LogP) is 1.83. The first-order valence-corrected chi connectivity index (χ1v) is 8.65. The monoisotopic (exact) mass is 314 g/mol. The average Bonchev–Trinajstić information content (AvgIpc) is 3.00. The topological polar surface area (TPSA) is 48.0 Å². The number of tetrazole rings is 1. The van der Waals surface area contributed by atoms with Gasteiger partial charge in [0.25, 0.3) is 0 Å². The minimum absolute atomic E-state index is 0.117. The molecule has 1 N–H and O–H groups in total. The molecule has 124 valence electrons. The number of quaternary nitrogens is 1. The quantitative estimate of drug-likeness (QED) is 0.940. The SMILES string of the molecule is CC1CC[NH+]([C@H](c2ccccc2)c2nnnn2C(C)(C)C)CC1. The summed E-state index contributed by atoms with van der Waals surface area (Å²) in [5.74, 6) is 1.81. The van der Waals surface area contributed by atoms with Gasteiger partial charge in [0.1, 0.15) is 0 Å². The van der Waals surface area contributed by atoms with Crippen molar-refractivity contribution in [3.8, 4) is 0 Å². The van der Waals surface area contributed by atoms with Gasteiger partial charge in [-0.2, -0.15) is 0 Å². The summed E-state index contributed by atoms with van der Waals surface area (Å²) < 4.78 is 2.00. The standard InChI is InChI=1S/C18H27N5/c1-14-10-12-22(13-11-14)16(15-8-6-5-7-9-15)17-19-20-21-23(17)18(2,3)4/h5-9,14,16H,10-13H2,1-4H3/p+1/t16-/m1/s1. The lowest BCUT2D eigenvalue weighted by Gasteiger charge is -2.34. The fraction of sp³-hybridized carbons (Fsp3) is 0.611. The normalized spacial score (nSPS) is 23.7. The van der Waals surface area contributed by atoms with Crippen LogP contribution in [0.1, 0.15) is 58.0 Å². The van der Waals surface area contributed by atoms with Gasteiger partial charge in [-0.1, -0.05) is 37.3 Å². The number of nitrogens with zero attached hydrogens (tertiary/aromatic N) is 4. The fourth-order valence-electron chi connectivity index (χ4n) is 3.49. The molecule has 1 aliphatic rings. The van der Waals surface area contributed by atoms with E-state index in [1.807, 2.05) is 4.68 Å². The summed E-state index contributed by atoms with van der Waals surface area (Å²) in [5, 5.41) is 12.7. The van der Waals surface area contributed by atoms with Crippen LogP contribution in [0.2, 0.25) is 0 Å². The van der Waals surface area contributed by atoms with E-state index in [0.29, 0.717) is 0 Å². The molecule has 0 saturated carbocycles. The molecule has 0 spiro atoms. The lowest BCUT2D eigenvalue weighted by atomic mass is 9.95. The van der Waals surface area contributed by atoms with Gasteiger partial charge < -0.3 is 4.90 Å². The molecule has 1 fully saturated rings. The van der Waals surface area contributed by atoms with E-state index in [0.717, 1.165) is 11.7 Å². The Labute approximate surface area is 138 Å². The minimum atomic E-state index is -0.117. The molecular weight excluding hydrogens is 286 g/mol. The maximum atomic E-state index is 4.43. The molecule has 0 radical (unpaired) electrons. The van der Waals surface area contributed by atoms with Gasteiger partial charge in [-0.25, -0.2) is 4.68 Å². The van der Waals surface area contributed by atoms with Crippen molar-refractivity contribution in [2.75, 3.05) is 13.1 Å². The smallest absolute Gasteiger partial charge is 0.214 e. The van der Waals surface area contributed by atoms with Crippen LogP contribution in [0.5, 0.6) is 0 Å². The molecule has 1 aromatic heterocycles. The van der Waals surface area contributed by atoms with Crippen molar-refractivity contribution >= 4 is 0 Å². The fourth-order valence-corrected chi connectivity index (χ4v) is 3.49. The first kappa shape index (κ1) is 16.1. The van der Waals surface area contributed by atoms with Gasteiger partial charge in [-0.3, -0.25) is 0 Å². The number of benzene rings is 1. The van der Waals surface area contributed by atoms with Gasteiger partial charge in [-0.15, -0.1) is 5.10 Å². The van der Waals surface area contributed by atoms with E-state index in [4.69, 9.17) is 0 Å². The molecule has 23 heavy (non-hydrogen) atoms. The molecule has 0 amide bonds. The van der Waals surface area contributed by atoms with E-state index in [1.165, 1.54) is 31.5 Å². The largest absolute Gasteiger partial charge is 0.322 e. The Morgan fingerprint density at radius 1 is 1.13 bits per heavy atom. The number of hydrogen-bond donors (Lipinski definition) is 1. The summed E-state index contributed by atoms with van der Waals surface area (Å²) in [6.45, 7) is 11.2. The van der Waals surface area contributed by atoms with Crippen LogP contribution in [-0.2, 0) is 5.54 Å². The van der Waals surface area contributed by atoms with Crippen molar-refractivity contribution in [2.45, 2.75) is 52.1 Å². The van der Waals surface area contributed by atoms with Crippen molar-refractivity contribution in [3.05, 3.63) is 41.7 Å². The third-order valence-electron chi connectivity index (χ3n) is 4.84. The van der Waals surface area contributed by atoms with Gasteiger partial charge in [0.2, 0.25) is 5.82 Å². The molecule has 2 aromatic rings. The lowest BCUT2D eigenvalue weighted by Crippen LogP contribution is -3.13. The molecule has 1 aromatic carbocycles. The summed E-state index contributed by atoms with van der Waals surface area (Å²) in [4.78, 5) is 1.58. The third-order valence-corrected chi connectivity index (χ3v) is 4.84. The maximum Gasteiger partial charge on any atom is 0.214 e. The third kappa shape index (κ3) is 3.44. The van der Waals surface area contributed by atoms with Crippen LogP contribution in [0, 0.1) is 5.92 Å². The number of nitrogens with one attached hydrogen (secondary N) is 1. The molecule has 0 aliphatic carbocycles. The van der Waals surface area contributed by atoms with Gasteiger partial charge >= 0.3 is 0 Å². The second kappa shape index (κ2) is 6.40. The summed E-state index contributed by atoms with van der Waals surface area (Å²) in [6.07, 6.45) is 2.55. The molecule has 5 nitrogen and oxygen atoms in total. The Morgan fingerprint density at radius 3 is 2.39 bits per heavy atom. The Morgan fingerprint density at radius 2 is 1.78 bits per heavy atom. The van der Waals surface area contributed by atoms with Crippen LogP contribution < -0.4 is 4.90 Å². The van der Waals surface area contributed by atoms with Crippen molar-refractivity contribution in [1.29, 1.82) is 0 Å². The number of hydrogen-bond acceptors (Lipinski definition) is 3. The van der Waals surface area contributed by atoms with Crippen LogP contribution >= 0.6 is 0 Å². The summed E-state index contributed by atoms with van der Waals surface area (Å²) >= 11 is 0. The van der Waals surface area contributed by atoms with Crippen molar-refractivity contribution in [3.63, 3.8) is 0 Å². The number of rotatable bonds is 3. The molecule has 0 unspecified atom stereocenters. The molecule has 1 saturated heterocycles. The Bertz CT molecular complexity index is 620. The summed E-state index contributed by atoms with van der Waals surface area (Å²) in [7, 11) is 0. The molecule has 1 atom stereocenters. The van der Waals surface area contributed by atoms with Gasteiger partial charge in [0.05, 0.1) is 18.6 Å². The van der Waals surface area contributed by atoms with Crippen molar-refractivity contribution < 1.29 is 4.90 Å². The van der Waals surface area contributed by atoms with E-state index in [9.17, 15) is 0 Å². The van der Waals surface area contributed by atoms with Crippen LogP contribution in [-0.4, -0.2) is 33.3 Å². The number of aromatic nitrogens is 4. The second-order valence-electron chi connectivity index (χ2n) is 7.80. The van der Waals surface area contributed by atoms with Gasteiger partial charge in [-0.05, 0) is 50.0 Å². The highest BCUT2D eigenvalue weighted by molar-refractivity contribution is 5.22. The zero-order chi connectivity index (χ0) is 16.4. The zero-order valence-corrected chi connectivity index (χ0v) is 14.7. The number of piperidine rings is 1. The van der Waals surface area contributed by atoms with E-state index >= 15 is 0 Å². The van der Waals surface area contributed by atoms with Crippen LogP contribution in [0.25, 0.3) is 0 Å². The van der Waals surface area contributed by atoms with E-state index in [2.05, 4.69) is 73.6 Å². The Kier molecular flexibility index (Phi) is 4.48. The van der Waals surface area contributed by atoms with Crippen LogP contribution in [0.3, 0.4) is 0 Å². The van der Waals surface area contributed by atoms with Gasteiger partial charge in [0.15, 0.2) is 6.04 Å². The van der Waals surface area contributed by atoms with E-state index < -0.39 is 0 Å². The Hall–Kier alpha value is -1.75. The first-order valence-electron chi connectivity index (χ1n) is 8.65. The molecule has 0 bridgehead atoms. The minimum Gasteiger partial charge on any atom is -0.322 e. The highest BCUT2D eigenvalue weighted by Gasteiger charge is 2.35. The van der Waals surface area contributed by atoms with Crippen LogP contribution in [0.15, 0.2) is 30.3 Å². The Balaban J connectivity index is 2.01. The van der Waals surface area contributed by atoms with Crippen molar-refractivity contribution in [2.24, 2.45) is 5.92 Å². The molecule has 5 heteroatoms. The van der Waals surface area contributed by atoms with Gasteiger partial charge in [0, 0.05) is 5.56 Å². The summed E-state index contributed by atoms with van der Waals surface area (Å²) in [5.41, 5.74) is 1.19. The highest BCUT2D eigenvalue weighted by Crippen LogP contribution is 2.23. The van der Waals surface area contributed by atoms with Crippen LogP contribution in [0.4, 0.5) is 0 Å². The highest BCUT2D eigenvalue weighted by atomic mass is 15.6. The number of likely N-dealkylation sites (tertiary alicyclic amines) is 1. The van der Waals surface area contributed by atoms with E-state index in [1.54, 1.807) is 4.90 Å². The van der Waals surface area contributed by atoms with Crippen molar-refractivity contribution in [1.82, 2.24) is 20.2 Å². The summed E-state index contributed by atoms with van der Waals surface area (Å²) in [6, 6.07) is 10.9. The molecule has 2 heterocycles.